The Morgan fingerprint density at radius 1 is 1.56 bits per heavy atom. The summed E-state index contributed by atoms with van der Waals surface area (Å²) in [7, 11) is 0. The van der Waals surface area contributed by atoms with Crippen LogP contribution in [-0.2, 0) is 11.3 Å². The zero-order valence-electron chi connectivity index (χ0n) is 9.86. The average Bonchev–Trinajstić information content (AvgIpc) is 2.66. The Hall–Kier alpha value is -0.610. The maximum absolute atomic E-state index is 11.7. The molecule has 0 spiro atoms. The quantitative estimate of drug-likeness (QED) is 0.780. The van der Waals surface area contributed by atoms with Gasteiger partial charge < -0.3 is 4.90 Å². The van der Waals surface area contributed by atoms with Gasteiger partial charge in [0.2, 0.25) is 5.91 Å². The van der Waals surface area contributed by atoms with E-state index in [9.17, 15) is 4.79 Å². The van der Waals surface area contributed by atoms with E-state index in [1.165, 1.54) is 0 Å². The molecule has 1 heterocycles. The van der Waals surface area contributed by atoms with E-state index in [1.54, 1.807) is 22.4 Å². The van der Waals surface area contributed by atoms with Crippen LogP contribution in [0.15, 0.2) is 11.6 Å². The summed E-state index contributed by atoms with van der Waals surface area (Å²) in [5.41, 5.74) is 0.0684. The van der Waals surface area contributed by atoms with Gasteiger partial charge in [0, 0.05) is 18.1 Å². The van der Waals surface area contributed by atoms with Crippen molar-refractivity contribution in [2.45, 2.75) is 27.3 Å². The third-order valence-electron chi connectivity index (χ3n) is 1.94. The van der Waals surface area contributed by atoms with Crippen molar-refractivity contribution in [1.29, 1.82) is 0 Å². The third kappa shape index (κ3) is 4.49. The summed E-state index contributed by atoms with van der Waals surface area (Å²) in [6.07, 6.45) is 1.75. The van der Waals surface area contributed by atoms with Crippen molar-refractivity contribution in [3.63, 3.8) is 0 Å². The van der Waals surface area contributed by atoms with E-state index < -0.39 is 0 Å². The lowest BCUT2D eigenvalue weighted by Crippen LogP contribution is -2.38. The van der Waals surface area contributed by atoms with Crippen LogP contribution in [0.5, 0.6) is 0 Å². The monoisotopic (exact) mass is 260 g/mol. The maximum atomic E-state index is 11.7. The minimum Gasteiger partial charge on any atom is -0.334 e. The minimum absolute atomic E-state index is 0.0292. The Morgan fingerprint density at radius 2 is 2.25 bits per heavy atom. The van der Waals surface area contributed by atoms with Gasteiger partial charge in [0.25, 0.3) is 0 Å². The molecule has 0 atom stereocenters. The van der Waals surface area contributed by atoms with E-state index in [2.05, 4.69) is 25.8 Å². The average molecular weight is 261 g/mol. The number of hydrogen-bond donors (Lipinski definition) is 0. The lowest BCUT2D eigenvalue weighted by molar-refractivity contribution is -0.130. The number of nitrogens with zero attached hydrogens (tertiary/aromatic N) is 2. The molecule has 1 rings (SSSR count). The van der Waals surface area contributed by atoms with Gasteiger partial charge in [0.15, 0.2) is 0 Å². The van der Waals surface area contributed by atoms with E-state index in [1.807, 2.05) is 5.38 Å². The van der Waals surface area contributed by atoms with Gasteiger partial charge in [0.05, 0.1) is 6.54 Å². The summed E-state index contributed by atoms with van der Waals surface area (Å²) in [4.78, 5) is 17.6. The molecule has 16 heavy (non-hydrogen) atoms. The van der Waals surface area contributed by atoms with Crippen LogP contribution >= 0.6 is 22.9 Å². The number of carbonyl (C=O) groups excluding carboxylic acids is 1. The van der Waals surface area contributed by atoms with E-state index in [-0.39, 0.29) is 17.2 Å². The summed E-state index contributed by atoms with van der Waals surface area (Å²) < 4.78 is 0. The zero-order valence-corrected chi connectivity index (χ0v) is 11.4. The van der Waals surface area contributed by atoms with Crippen LogP contribution in [0.1, 0.15) is 25.8 Å². The molecule has 0 bridgehead atoms. The molecule has 0 radical (unpaired) electrons. The Balaban J connectivity index is 2.68. The predicted molar refractivity (Wildman–Crippen MR) is 67.7 cm³/mol. The zero-order chi connectivity index (χ0) is 12.2. The van der Waals surface area contributed by atoms with Gasteiger partial charge in [0.1, 0.15) is 10.9 Å². The van der Waals surface area contributed by atoms with E-state index in [0.29, 0.717) is 13.1 Å². The summed E-state index contributed by atoms with van der Waals surface area (Å²) in [6.45, 7) is 7.55. The smallest absolute Gasteiger partial charge is 0.237 e. The lowest BCUT2D eigenvalue weighted by Gasteiger charge is -2.28. The molecule has 0 saturated carbocycles. The molecular weight excluding hydrogens is 244 g/mol. The molecule has 0 aliphatic heterocycles. The van der Waals surface area contributed by atoms with Gasteiger partial charge in [-0.3, -0.25) is 4.79 Å². The topological polar surface area (TPSA) is 33.2 Å². The summed E-state index contributed by atoms with van der Waals surface area (Å²) >= 11 is 7.16. The highest BCUT2D eigenvalue weighted by Gasteiger charge is 2.21. The molecule has 3 nitrogen and oxygen atoms in total. The standard InChI is InChI=1S/C11H17ClN2OS/c1-11(2,3)8-14(10(15)6-12)7-9-13-4-5-16-9/h4-5H,6-8H2,1-3H3. The highest BCUT2D eigenvalue weighted by Crippen LogP contribution is 2.18. The third-order valence-corrected chi connectivity index (χ3v) is 2.93. The van der Waals surface area contributed by atoms with Crippen molar-refractivity contribution in [2.75, 3.05) is 12.4 Å². The summed E-state index contributed by atoms with van der Waals surface area (Å²) in [5.74, 6) is -0.00616. The first-order valence-electron chi connectivity index (χ1n) is 5.14. The predicted octanol–water partition coefficient (Wildman–Crippen LogP) is 2.76. The Kier molecular flexibility index (Phi) is 4.74. The van der Waals surface area contributed by atoms with Gasteiger partial charge in [-0.05, 0) is 5.41 Å². The Labute approximate surface area is 105 Å². The Morgan fingerprint density at radius 3 is 2.69 bits per heavy atom. The van der Waals surface area contributed by atoms with Crippen molar-refractivity contribution in [3.05, 3.63) is 16.6 Å². The molecule has 0 N–H and O–H groups in total. The first kappa shape index (κ1) is 13.5. The summed E-state index contributed by atoms with van der Waals surface area (Å²) in [6, 6.07) is 0. The van der Waals surface area contributed by atoms with Crippen LogP contribution in [0.25, 0.3) is 0 Å². The molecule has 1 aromatic rings. The van der Waals surface area contributed by atoms with Gasteiger partial charge in [-0.25, -0.2) is 4.98 Å². The second kappa shape index (κ2) is 5.64. The number of rotatable bonds is 4. The van der Waals surface area contributed by atoms with Gasteiger partial charge in [-0.1, -0.05) is 20.8 Å². The number of alkyl halides is 1. The number of hydrogen-bond acceptors (Lipinski definition) is 3. The number of aromatic nitrogens is 1. The number of halogens is 1. The van der Waals surface area contributed by atoms with Crippen molar-refractivity contribution >= 4 is 28.8 Å². The van der Waals surface area contributed by atoms with Crippen molar-refractivity contribution < 1.29 is 4.79 Å². The second-order valence-electron chi connectivity index (χ2n) is 4.87. The van der Waals surface area contributed by atoms with Crippen LogP contribution < -0.4 is 0 Å². The first-order valence-corrected chi connectivity index (χ1v) is 6.56. The minimum atomic E-state index is -0.0354. The SMILES string of the molecule is CC(C)(C)CN(Cc1nccs1)C(=O)CCl. The molecule has 0 saturated heterocycles. The number of thiazole rings is 1. The van der Waals surface area contributed by atoms with Crippen molar-refractivity contribution in [1.82, 2.24) is 9.88 Å². The fraction of sp³-hybridized carbons (Fsp3) is 0.636. The fourth-order valence-corrected chi connectivity index (χ4v) is 2.18. The maximum Gasteiger partial charge on any atom is 0.237 e. The van der Waals surface area contributed by atoms with E-state index in [4.69, 9.17) is 11.6 Å². The van der Waals surface area contributed by atoms with Gasteiger partial charge in [-0.15, -0.1) is 22.9 Å². The molecule has 0 aromatic carbocycles. The van der Waals surface area contributed by atoms with Crippen LogP contribution in [0.2, 0.25) is 0 Å². The number of carbonyl (C=O) groups is 1. The van der Waals surface area contributed by atoms with Crippen LogP contribution in [-0.4, -0.2) is 28.2 Å². The van der Waals surface area contributed by atoms with Gasteiger partial charge in [-0.2, -0.15) is 0 Å². The van der Waals surface area contributed by atoms with Crippen molar-refractivity contribution in [3.8, 4) is 0 Å². The van der Waals surface area contributed by atoms with Gasteiger partial charge >= 0.3 is 0 Å². The molecule has 90 valence electrons. The molecule has 0 unspecified atom stereocenters. The normalized spacial score (nSPS) is 11.5. The molecule has 1 amide bonds. The molecule has 0 fully saturated rings. The molecule has 0 aliphatic carbocycles. The van der Waals surface area contributed by atoms with Crippen molar-refractivity contribution in [2.24, 2.45) is 5.41 Å². The Bertz CT molecular complexity index is 332. The molecular formula is C11H17ClN2OS. The molecule has 1 aromatic heterocycles. The van der Waals surface area contributed by atoms with Crippen LogP contribution in [0.3, 0.4) is 0 Å². The molecule has 5 heteroatoms. The number of amides is 1. The highest BCUT2D eigenvalue weighted by atomic mass is 35.5. The molecule has 0 aliphatic rings. The van der Waals surface area contributed by atoms with E-state index in [0.717, 1.165) is 5.01 Å². The van der Waals surface area contributed by atoms with E-state index >= 15 is 0 Å². The van der Waals surface area contributed by atoms with Crippen LogP contribution in [0.4, 0.5) is 0 Å². The first-order chi connectivity index (χ1) is 7.42. The largest absolute Gasteiger partial charge is 0.334 e. The summed E-state index contributed by atoms with van der Waals surface area (Å²) in [5, 5.41) is 2.86. The lowest BCUT2D eigenvalue weighted by atomic mass is 9.96. The highest BCUT2D eigenvalue weighted by molar-refractivity contribution is 7.09. The fourth-order valence-electron chi connectivity index (χ4n) is 1.38. The second-order valence-corrected chi connectivity index (χ2v) is 6.12. The van der Waals surface area contributed by atoms with Crippen LogP contribution in [0, 0.1) is 5.41 Å².